The van der Waals surface area contributed by atoms with Gasteiger partial charge in [0.25, 0.3) is 10.2 Å². The van der Waals surface area contributed by atoms with Crippen LogP contribution >= 0.6 is 0 Å². The average Bonchev–Trinajstić information content (AvgIpc) is 2.01. The van der Waals surface area contributed by atoms with Crippen molar-refractivity contribution in [2.75, 3.05) is 19.6 Å². The van der Waals surface area contributed by atoms with Gasteiger partial charge in [-0.1, -0.05) is 0 Å². The first-order valence-electron chi connectivity index (χ1n) is 4.10. The summed E-state index contributed by atoms with van der Waals surface area (Å²) in [6.07, 6.45) is -1.04. The fourth-order valence-electron chi connectivity index (χ4n) is 1.49. The Morgan fingerprint density at radius 3 is 2.43 bits per heavy atom. The van der Waals surface area contributed by atoms with Crippen molar-refractivity contribution in [1.82, 2.24) is 9.21 Å². The monoisotopic (exact) mass is 223 g/mol. The van der Waals surface area contributed by atoms with Crippen molar-refractivity contribution in [3.63, 3.8) is 0 Å². The second kappa shape index (κ2) is 3.71. The molecule has 1 rings (SSSR count). The summed E-state index contributed by atoms with van der Waals surface area (Å²) in [6.45, 7) is 2.06. The molecule has 8 heteroatoms. The van der Waals surface area contributed by atoms with Crippen molar-refractivity contribution in [2.24, 2.45) is 5.14 Å². The van der Waals surface area contributed by atoms with Gasteiger partial charge in [0.15, 0.2) is 0 Å². The second-order valence-corrected chi connectivity index (χ2v) is 4.73. The zero-order chi connectivity index (χ0) is 10.9. The minimum absolute atomic E-state index is 0.117. The van der Waals surface area contributed by atoms with Crippen molar-refractivity contribution >= 4 is 16.3 Å². The van der Waals surface area contributed by atoms with Crippen LogP contribution in [0.25, 0.3) is 0 Å². The van der Waals surface area contributed by atoms with E-state index in [4.69, 9.17) is 10.2 Å². The molecule has 1 fully saturated rings. The second-order valence-electron chi connectivity index (χ2n) is 3.23. The smallest absolute Gasteiger partial charge is 0.407 e. The molecule has 1 amide bonds. The van der Waals surface area contributed by atoms with Gasteiger partial charge in [0.2, 0.25) is 0 Å². The molecular formula is C6H13N3O4S. The molecule has 0 aliphatic carbocycles. The molecule has 0 spiro atoms. The Balaban J connectivity index is 2.70. The summed E-state index contributed by atoms with van der Waals surface area (Å²) in [5.74, 6) is 0. The van der Waals surface area contributed by atoms with Gasteiger partial charge in [0, 0.05) is 25.7 Å². The van der Waals surface area contributed by atoms with Crippen LogP contribution in [0.15, 0.2) is 0 Å². The Morgan fingerprint density at radius 2 is 2.07 bits per heavy atom. The molecule has 0 saturated carbocycles. The normalized spacial score (nSPS) is 25.0. The summed E-state index contributed by atoms with van der Waals surface area (Å²) in [6, 6.07) is -0.408. The highest BCUT2D eigenvalue weighted by Gasteiger charge is 2.31. The summed E-state index contributed by atoms with van der Waals surface area (Å²) in [5.41, 5.74) is 0. The quantitative estimate of drug-likeness (QED) is 0.587. The Hall–Kier alpha value is -0.860. The van der Waals surface area contributed by atoms with Gasteiger partial charge in [0.1, 0.15) is 0 Å². The lowest BCUT2D eigenvalue weighted by Crippen LogP contribution is -2.56. The molecule has 0 aromatic rings. The molecule has 1 aliphatic rings. The van der Waals surface area contributed by atoms with Crippen LogP contribution in [-0.4, -0.2) is 54.5 Å². The van der Waals surface area contributed by atoms with Gasteiger partial charge in [-0.05, 0) is 6.92 Å². The van der Waals surface area contributed by atoms with E-state index in [1.165, 1.54) is 4.90 Å². The SMILES string of the molecule is C[C@H]1CN(C(=O)O)CCN1S(N)(=O)=O. The molecule has 1 aliphatic heterocycles. The van der Waals surface area contributed by atoms with Gasteiger partial charge in [-0.3, -0.25) is 0 Å². The molecule has 82 valence electrons. The van der Waals surface area contributed by atoms with Crippen LogP contribution in [0.2, 0.25) is 0 Å². The molecule has 0 unspecified atom stereocenters. The van der Waals surface area contributed by atoms with E-state index < -0.39 is 22.3 Å². The third-order valence-corrected chi connectivity index (χ3v) is 3.36. The van der Waals surface area contributed by atoms with Gasteiger partial charge < -0.3 is 10.0 Å². The number of piperazine rings is 1. The summed E-state index contributed by atoms with van der Waals surface area (Å²) in [5, 5.41) is 13.6. The molecule has 0 aromatic heterocycles. The number of nitrogens with zero attached hydrogens (tertiary/aromatic N) is 2. The summed E-state index contributed by atoms with van der Waals surface area (Å²) in [4.78, 5) is 11.8. The van der Waals surface area contributed by atoms with Gasteiger partial charge in [0.05, 0.1) is 0 Å². The molecule has 14 heavy (non-hydrogen) atoms. The van der Waals surface area contributed by atoms with Crippen LogP contribution in [0, 0.1) is 0 Å². The predicted octanol–water partition coefficient (Wildman–Crippen LogP) is -1.13. The van der Waals surface area contributed by atoms with E-state index in [0.29, 0.717) is 0 Å². The lowest BCUT2D eigenvalue weighted by Gasteiger charge is -2.36. The first-order chi connectivity index (χ1) is 6.32. The molecule has 1 heterocycles. The van der Waals surface area contributed by atoms with Crippen molar-refractivity contribution < 1.29 is 18.3 Å². The lowest BCUT2D eigenvalue weighted by atomic mass is 10.2. The number of amides is 1. The molecule has 7 nitrogen and oxygen atoms in total. The van der Waals surface area contributed by atoms with E-state index >= 15 is 0 Å². The molecule has 3 N–H and O–H groups in total. The fourth-order valence-corrected chi connectivity index (χ4v) is 2.40. The minimum atomic E-state index is -3.71. The van der Waals surface area contributed by atoms with Crippen LogP contribution in [0.3, 0.4) is 0 Å². The number of carboxylic acid groups (broad SMARTS) is 1. The lowest BCUT2D eigenvalue weighted by molar-refractivity contribution is 0.109. The molecular weight excluding hydrogens is 210 g/mol. The van der Waals surface area contributed by atoms with E-state index in [2.05, 4.69) is 0 Å². The highest BCUT2D eigenvalue weighted by molar-refractivity contribution is 7.86. The fraction of sp³-hybridized carbons (Fsp3) is 0.833. The number of rotatable bonds is 1. The maximum Gasteiger partial charge on any atom is 0.407 e. The molecule has 1 atom stereocenters. The standard InChI is InChI=1S/C6H13N3O4S/c1-5-4-8(6(10)11)2-3-9(5)14(7,12)13/h5H,2-4H2,1H3,(H,10,11)(H2,7,12,13)/t5-/m0/s1. The van der Waals surface area contributed by atoms with Crippen LogP contribution in [0.1, 0.15) is 6.92 Å². The molecule has 0 radical (unpaired) electrons. The van der Waals surface area contributed by atoms with Crippen molar-refractivity contribution in [3.8, 4) is 0 Å². The topological polar surface area (TPSA) is 104 Å². The number of carbonyl (C=O) groups is 1. The van der Waals surface area contributed by atoms with E-state index in [-0.39, 0.29) is 19.6 Å². The highest BCUT2D eigenvalue weighted by atomic mass is 32.2. The Bertz CT molecular complexity index is 328. The van der Waals surface area contributed by atoms with Crippen LogP contribution < -0.4 is 5.14 Å². The zero-order valence-electron chi connectivity index (χ0n) is 7.75. The number of hydrogen-bond acceptors (Lipinski definition) is 3. The van der Waals surface area contributed by atoms with E-state index in [1.54, 1.807) is 6.92 Å². The third-order valence-electron chi connectivity index (χ3n) is 2.16. The Morgan fingerprint density at radius 1 is 1.50 bits per heavy atom. The number of hydrogen-bond donors (Lipinski definition) is 2. The van der Waals surface area contributed by atoms with Crippen molar-refractivity contribution in [2.45, 2.75) is 13.0 Å². The van der Waals surface area contributed by atoms with E-state index in [9.17, 15) is 13.2 Å². The zero-order valence-corrected chi connectivity index (χ0v) is 8.57. The van der Waals surface area contributed by atoms with Gasteiger partial charge in [-0.15, -0.1) is 0 Å². The Labute approximate surface area is 82.3 Å². The van der Waals surface area contributed by atoms with Gasteiger partial charge in [-0.2, -0.15) is 12.7 Å². The van der Waals surface area contributed by atoms with Crippen LogP contribution in [0.5, 0.6) is 0 Å². The maximum atomic E-state index is 11.0. The van der Waals surface area contributed by atoms with Gasteiger partial charge >= 0.3 is 6.09 Å². The number of nitrogens with two attached hydrogens (primary N) is 1. The minimum Gasteiger partial charge on any atom is -0.465 e. The Kier molecular flexibility index (Phi) is 2.98. The molecule has 0 aromatic carbocycles. The summed E-state index contributed by atoms with van der Waals surface area (Å²) >= 11 is 0. The molecule has 1 saturated heterocycles. The van der Waals surface area contributed by atoms with Crippen molar-refractivity contribution in [3.05, 3.63) is 0 Å². The highest BCUT2D eigenvalue weighted by Crippen LogP contribution is 2.11. The summed E-state index contributed by atoms with van der Waals surface area (Å²) < 4.78 is 23.1. The first-order valence-corrected chi connectivity index (χ1v) is 5.60. The molecule has 0 bridgehead atoms. The first kappa shape index (κ1) is 11.2. The van der Waals surface area contributed by atoms with Crippen LogP contribution in [-0.2, 0) is 10.2 Å². The predicted molar refractivity (Wildman–Crippen MR) is 48.9 cm³/mol. The van der Waals surface area contributed by atoms with E-state index in [1.807, 2.05) is 0 Å². The van der Waals surface area contributed by atoms with E-state index in [0.717, 1.165) is 4.31 Å². The largest absolute Gasteiger partial charge is 0.465 e. The van der Waals surface area contributed by atoms with Gasteiger partial charge in [-0.25, -0.2) is 9.93 Å². The average molecular weight is 223 g/mol. The third kappa shape index (κ3) is 2.34. The summed E-state index contributed by atoms with van der Waals surface area (Å²) in [7, 11) is -3.71. The van der Waals surface area contributed by atoms with Crippen LogP contribution in [0.4, 0.5) is 4.79 Å². The van der Waals surface area contributed by atoms with Crippen molar-refractivity contribution in [1.29, 1.82) is 0 Å². The maximum absolute atomic E-state index is 11.0.